The molecule has 0 radical (unpaired) electrons. The van der Waals surface area contributed by atoms with Gasteiger partial charge in [0.2, 0.25) is 0 Å². The Morgan fingerprint density at radius 2 is 1.94 bits per heavy atom. The van der Waals surface area contributed by atoms with Crippen LogP contribution in [0, 0.1) is 0 Å². The first-order chi connectivity index (χ1) is 7.83. The number of fused-ring (bicyclic) bond motifs is 1. The maximum absolute atomic E-state index is 9.37. The number of aliphatic hydroxyl groups excluding tert-OH is 1. The lowest BCUT2D eigenvalue weighted by atomic mass is 10.0. The van der Waals surface area contributed by atoms with Crippen LogP contribution in [0.25, 0.3) is 0 Å². The molecule has 1 saturated heterocycles. The van der Waals surface area contributed by atoms with Crippen molar-refractivity contribution in [1.29, 1.82) is 0 Å². The average molecular weight is 222 g/mol. The molecule has 2 atom stereocenters. The van der Waals surface area contributed by atoms with E-state index in [-0.39, 0.29) is 6.04 Å². The second-order valence-electron chi connectivity index (χ2n) is 4.00. The summed E-state index contributed by atoms with van der Waals surface area (Å²) in [6, 6.07) is 5.98. The van der Waals surface area contributed by atoms with Crippen molar-refractivity contribution in [3.8, 4) is 11.5 Å². The van der Waals surface area contributed by atoms with Gasteiger partial charge < -0.3 is 14.6 Å². The lowest BCUT2D eigenvalue weighted by molar-refractivity contribution is 0.153. The van der Waals surface area contributed by atoms with Crippen molar-refractivity contribution in [2.75, 3.05) is 13.2 Å². The molecule has 1 aromatic rings. The first kappa shape index (κ1) is 9.89. The van der Waals surface area contributed by atoms with Crippen LogP contribution < -0.4 is 20.3 Å². The summed E-state index contributed by atoms with van der Waals surface area (Å²) in [4.78, 5) is 0. The van der Waals surface area contributed by atoms with Crippen LogP contribution in [0.4, 0.5) is 0 Å². The van der Waals surface area contributed by atoms with Gasteiger partial charge >= 0.3 is 0 Å². The molecule has 1 fully saturated rings. The van der Waals surface area contributed by atoms with Crippen LogP contribution in [0.1, 0.15) is 18.0 Å². The highest BCUT2D eigenvalue weighted by atomic mass is 16.6. The van der Waals surface area contributed by atoms with E-state index in [0.29, 0.717) is 19.6 Å². The Morgan fingerprint density at radius 1 is 1.12 bits per heavy atom. The van der Waals surface area contributed by atoms with Crippen molar-refractivity contribution in [3.63, 3.8) is 0 Å². The number of ether oxygens (including phenoxy) is 2. The molecule has 0 saturated carbocycles. The van der Waals surface area contributed by atoms with Crippen LogP contribution in [0.15, 0.2) is 18.2 Å². The van der Waals surface area contributed by atoms with Crippen LogP contribution in [0.5, 0.6) is 11.5 Å². The van der Waals surface area contributed by atoms with Crippen molar-refractivity contribution >= 4 is 0 Å². The summed E-state index contributed by atoms with van der Waals surface area (Å²) >= 11 is 0. The van der Waals surface area contributed by atoms with Gasteiger partial charge in [-0.15, -0.1) is 0 Å². The molecule has 2 unspecified atom stereocenters. The molecule has 2 heterocycles. The number of hydrogen-bond acceptors (Lipinski definition) is 5. The SMILES string of the molecule is OC1CC(c2ccc3c(c2)OCCO3)NN1. The van der Waals surface area contributed by atoms with E-state index in [2.05, 4.69) is 10.9 Å². The molecule has 0 aliphatic carbocycles. The van der Waals surface area contributed by atoms with E-state index in [1.54, 1.807) is 0 Å². The van der Waals surface area contributed by atoms with Gasteiger partial charge in [-0.25, -0.2) is 10.9 Å². The average Bonchev–Trinajstić information content (AvgIpc) is 2.75. The van der Waals surface area contributed by atoms with Crippen molar-refractivity contribution in [1.82, 2.24) is 10.9 Å². The third-order valence-corrected chi connectivity index (χ3v) is 2.85. The minimum Gasteiger partial charge on any atom is -0.486 e. The molecule has 2 aliphatic rings. The van der Waals surface area contributed by atoms with Crippen LogP contribution in [-0.4, -0.2) is 24.5 Å². The maximum atomic E-state index is 9.37. The molecule has 2 aliphatic heterocycles. The van der Waals surface area contributed by atoms with E-state index in [0.717, 1.165) is 17.1 Å². The predicted octanol–water partition coefficient (Wildman–Crippen LogP) is 0.315. The number of nitrogens with one attached hydrogen (secondary N) is 2. The molecule has 1 aromatic carbocycles. The smallest absolute Gasteiger partial charge is 0.161 e. The summed E-state index contributed by atoms with van der Waals surface area (Å²) in [6.07, 6.45) is 0.165. The number of hydrogen-bond donors (Lipinski definition) is 3. The van der Waals surface area contributed by atoms with E-state index >= 15 is 0 Å². The largest absolute Gasteiger partial charge is 0.486 e. The van der Waals surface area contributed by atoms with Gasteiger partial charge in [-0.05, 0) is 17.7 Å². The van der Waals surface area contributed by atoms with E-state index in [1.165, 1.54) is 0 Å². The van der Waals surface area contributed by atoms with Gasteiger partial charge in [-0.2, -0.15) is 0 Å². The Labute approximate surface area is 93.3 Å². The zero-order valence-corrected chi connectivity index (χ0v) is 8.77. The Balaban J connectivity index is 1.85. The topological polar surface area (TPSA) is 62.8 Å². The number of benzene rings is 1. The first-order valence-corrected chi connectivity index (χ1v) is 5.41. The molecule has 0 bridgehead atoms. The van der Waals surface area contributed by atoms with Gasteiger partial charge in [0.25, 0.3) is 0 Å². The molecule has 86 valence electrons. The van der Waals surface area contributed by atoms with E-state index < -0.39 is 6.23 Å². The van der Waals surface area contributed by atoms with Gasteiger partial charge in [-0.1, -0.05) is 6.07 Å². The standard InChI is InChI=1S/C11H14N2O3/c14-11-6-8(12-13-11)7-1-2-9-10(5-7)16-4-3-15-9/h1-2,5,8,11-14H,3-4,6H2. The second kappa shape index (κ2) is 3.93. The van der Waals surface area contributed by atoms with Crippen molar-refractivity contribution in [2.24, 2.45) is 0 Å². The Hall–Kier alpha value is -1.30. The molecule has 0 spiro atoms. The Bertz CT molecular complexity index is 397. The van der Waals surface area contributed by atoms with E-state index in [1.807, 2.05) is 18.2 Å². The quantitative estimate of drug-likeness (QED) is 0.638. The molecule has 5 nitrogen and oxygen atoms in total. The minimum atomic E-state index is -0.488. The fraction of sp³-hybridized carbons (Fsp3) is 0.455. The zero-order valence-electron chi connectivity index (χ0n) is 8.77. The molecule has 0 amide bonds. The molecule has 3 rings (SSSR count). The van der Waals surface area contributed by atoms with E-state index in [4.69, 9.17) is 9.47 Å². The number of hydrazine groups is 1. The summed E-state index contributed by atoms with van der Waals surface area (Å²) in [6.45, 7) is 1.20. The first-order valence-electron chi connectivity index (χ1n) is 5.41. The van der Waals surface area contributed by atoms with E-state index in [9.17, 15) is 5.11 Å². The van der Waals surface area contributed by atoms with Gasteiger partial charge in [0.15, 0.2) is 11.5 Å². The van der Waals surface area contributed by atoms with Crippen molar-refractivity contribution < 1.29 is 14.6 Å². The van der Waals surface area contributed by atoms with Gasteiger partial charge in [-0.3, -0.25) is 0 Å². The third kappa shape index (κ3) is 1.73. The molecule has 0 aromatic heterocycles. The second-order valence-corrected chi connectivity index (χ2v) is 4.00. The summed E-state index contributed by atoms with van der Waals surface area (Å²) in [5, 5.41) is 9.37. The summed E-state index contributed by atoms with van der Waals surface area (Å²) in [5.74, 6) is 1.58. The highest BCUT2D eigenvalue weighted by molar-refractivity contribution is 5.44. The lowest BCUT2D eigenvalue weighted by Gasteiger charge is -2.20. The highest BCUT2D eigenvalue weighted by Gasteiger charge is 2.24. The molecular weight excluding hydrogens is 208 g/mol. The normalized spacial score (nSPS) is 28.1. The van der Waals surface area contributed by atoms with Crippen molar-refractivity contribution in [2.45, 2.75) is 18.7 Å². The molecule has 3 N–H and O–H groups in total. The van der Waals surface area contributed by atoms with Crippen molar-refractivity contribution in [3.05, 3.63) is 23.8 Å². The lowest BCUT2D eigenvalue weighted by Crippen LogP contribution is -2.30. The molecule has 16 heavy (non-hydrogen) atoms. The summed E-state index contributed by atoms with van der Waals surface area (Å²) in [5.41, 5.74) is 6.91. The number of rotatable bonds is 1. The minimum absolute atomic E-state index is 0.117. The fourth-order valence-corrected chi connectivity index (χ4v) is 2.03. The van der Waals surface area contributed by atoms with Gasteiger partial charge in [0.1, 0.15) is 19.4 Å². The maximum Gasteiger partial charge on any atom is 0.161 e. The predicted molar refractivity (Wildman–Crippen MR) is 57.1 cm³/mol. The van der Waals surface area contributed by atoms with Crippen LogP contribution in [0.3, 0.4) is 0 Å². The highest BCUT2D eigenvalue weighted by Crippen LogP contribution is 2.34. The fourth-order valence-electron chi connectivity index (χ4n) is 2.03. The molecular formula is C11H14N2O3. The Kier molecular flexibility index (Phi) is 2.43. The summed E-state index contributed by atoms with van der Waals surface area (Å²) < 4.78 is 11.0. The van der Waals surface area contributed by atoms with Crippen LogP contribution >= 0.6 is 0 Å². The monoisotopic (exact) mass is 222 g/mol. The third-order valence-electron chi connectivity index (χ3n) is 2.85. The zero-order chi connectivity index (χ0) is 11.0. The van der Waals surface area contributed by atoms with Gasteiger partial charge in [0, 0.05) is 6.42 Å². The summed E-state index contributed by atoms with van der Waals surface area (Å²) in [7, 11) is 0. The number of aliphatic hydroxyl groups is 1. The Morgan fingerprint density at radius 3 is 2.69 bits per heavy atom. The van der Waals surface area contributed by atoms with Crippen LogP contribution in [-0.2, 0) is 0 Å². The van der Waals surface area contributed by atoms with Crippen LogP contribution in [0.2, 0.25) is 0 Å². The van der Waals surface area contributed by atoms with Gasteiger partial charge in [0.05, 0.1) is 6.04 Å². The molecule has 5 heteroatoms.